The van der Waals surface area contributed by atoms with Crippen LogP contribution in [0.25, 0.3) is 0 Å². The second-order valence-corrected chi connectivity index (χ2v) is 4.44. The van der Waals surface area contributed by atoms with E-state index in [0.29, 0.717) is 5.92 Å². The van der Waals surface area contributed by atoms with Crippen molar-refractivity contribution in [2.24, 2.45) is 5.92 Å². The van der Waals surface area contributed by atoms with Crippen LogP contribution in [0.5, 0.6) is 0 Å². The van der Waals surface area contributed by atoms with E-state index in [4.69, 9.17) is 0 Å². The zero-order valence-corrected chi connectivity index (χ0v) is 9.11. The van der Waals surface area contributed by atoms with Crippen LogP contribution in [0.15, 0.2) is 12.2 Å². The predicted molar refractivity (Wildman–Crippen MR) is 59.6 cm³/mol. The molecule has 0 rings (SSSR count). The lowest BCUT2D eigenvalue weighted by Crippen LogP contribution is -1.90. The molecule has 66 valence electrons. The van der Waals surface area contributed by atoms with Crippen molar-refractivity contribution in [3.8, 4) is 0 Å². The van der Waals surface area contributed by atoms with Crippen LogP contribution >= 0.6 is 25.3 Å². The number of unbranched alkanes of at least 4 members (excludes halogenated alkanes) is 1. The summed E-state index contributed by atoms with van der Waals surface area (Å²) in [7, 11) is 0. The first-order valence-electron chi connectivity index (χ1n) is 4.21. The summed E-state index contributed by atoms with van der Waals surface area (Å²) in [6.07, 6.45) is 8.10. The number of allylic oxidation sites excluding steroid dienone is 1. The molecule has 0 aliphatic rings. The summed E-state index contributed by atoms with van der Waals surface area (Å²) in [5, 5.41) is 0. The van der Waals surface area contributed by atoms with E-state index < -0.39 is 0 Å². The maximum absolute atomic E-state index is 4.14. The molecule has 0 aliphatic heterocycles. The van der Waals surface area contributed by atoms with Gasteiger partial charge in [0, 0.05) is 0 Å². The van der Waals surface area contributed by atoms with Gasteiger partial charge >= 0.3 is 0 Å². The van der Waals surface area contributed by atoms with Gasteiger partial charge in [-0.2, -0.15) is 25.3 Å². The zero-order chi connectivity index (χ0) is 8.69. The van der Waals surface area contributed by atoms with Gasteiger partial charge in [0.15, 0.2) is 0 Å². The van der Waals surface area contributed by atoms with Crippen molar-refractivity contribution < 1.29 is 0 Å². The monoisotopic (exact) mass is 190 g/mol. The second-order valence-electron chi connectivity index (χ2n) is 2.92. The van der Waals surface area contributed by atoms with Gasteiger partial charge in [-0.15, -0.1) is 0 Å². The molecule has 1 unspecified atom stereocenters. The molecule has 0 amide bonds. The third kappa shape index (κ3) is 8.35. The lowest BCUT2D eigenvalue weighted by Gasteiger charge is -2.04. The zero-order valence-electron chi connectivity index (χ0n) is 7.33. The van der Waals surface area contributed by atoms with Crippen molar-refractivity contribution in [2.45, 2.75) is 37.7 Å². The van der Waals surface area contributed by atoms with Crippen LogP contribution in [0, 0.1) is 5.92 Å². The van der Waals surface area contributed by atoms with Crippen LogP contribution in [0.1, 0.15) is 33.1 Å². The summed E-state index contributed by atoms with van der Waals surface area (Å²) in [5.74, 6) is 0.678. The summed E-state index contributed by atoms with van der Waals surface area (Å²) < 4.78 is 0.0964. The molecule has 0 nitrogen and oxygen atoms in total. The molecule has 1 atom stereocenters. The Balaban J connectivity index is 3.42. The Hall–Kier alpha value is 0.440. The van der Waals surface area contributed by atoms with E-state index in [-0.39, 0.29) is 4.58 Å². The molecular formula is C9H18S2. The molecule has 0 saturated heterocycles. The molecular weight excluding hydrogens is 172 g/mol. The minimum absolute atomic E-state index is 0.0964. The standard InChI is InChI=1S/C9H18S2/c1-3-4-5-8(2)6-7-9(10)11/h6-11H,3-5H2,1-2H3/b7-6+. The summed E-state index contributed by atoms with van der Waals surface area (Å²) in [4.78, 5) is 0. The molecule has 0 heterocycles. The van der Waals surface area contributed by atoms with Gasteiger partial charge in [-0.1, -0.05) is 38.8 Å². The Morgan fingerprint density at radius 2 is 1.91 bits per heavy atom. The molecule has 0 aromatic rings. The van der Waals surface area contributed by atoms with E-state index in [9.17, 15) is 0 Å². The summed E-state index contributed by atoms with van der Waals surface area (Å²) in [6, 6.07) is 0. The van der Waals surface area contributed by atoms with Crippen LogP contribution < -0.4 is 0 Å². The Morgan fingerprint density at radius 1 is 1.27 bits per heavy atom. The highest BCUT2D eigenvalue weighted by Crippen LogP contribution is 2.11. The van der Waals surface area contributed by atoms with Gasteiger partial charge in [0.2, 0.25) is 0 Å². The van der Waals surface area contributed by atoms with Crippen molar-refractivity contribution >= 4 is 25.3 Å². The molecule has 0 saturated carbocycles. The average Bonchev–Trinajstić information content (AvgIpc) is 1.97. The van der Waals surface area contributed by atoms with Crippen LogP contribution in [0.3, 0.4) is 0 Å². The Bertz CT molecular complexity index is 108. The minimum Gasteiger partial charge on any atom is -0.161 e. The molecule has 0 aliphatic carbocycles. The summed E-state index contributed by atoms with van der Waals surface area (Å²) in [5.41, 5.74) is 0. The fraction of sp³-hybridized carbons (Fsp3) is 0.778. The highest BCUT2D eigenvalue weighted by molar-refractivity contribution is 7.99. The molecule has 0 aromatic carbocycles. The van der Waals surface area contributed by atoms with E-state index in [1.165, 1.54) is 19.3 Å². The van der Waals surface area contributed by atoms with E-state index in [1.54, 1.807) is 0 Å². The van der Waals surface area contributed by atoms with Crippen molar-refractivity contribution in [3.63, 3.8) is 0 Å². The minimum atomic E-state index is 0.0964. The smallest absolute Gasteiger partial charge is 0.0622 e. The lowest BCUT2D eigenvalue weighted by molar-refractivity contribution is 0.597. The first-order chi connectivity index (χ1) is 5.16. The van der Waals surface area contributed by atoms with E-state index in [2.05, 4.69) is 45.2 Å². The van der Waals surface area contributed by atoms with Gasteiger partial charge in [-0.05, 0) is 12.3 Å². The van der Waals surface area contributed by atoms with Gasteiger partial charge in [-0.25, -0.2) is 0 Å². The maximum Gasteiger partial charge on any atom is 0.0622 e. The van der Waals surface area contributed by atoms with Crippen molar-refractivity contribution in [1.29, 1.82) is 0 Å². The Morgan fingerprint density at radius 3 is 2.36 bits per heavy atom. The third-order valence-corrected chi connectivity index (χ3v) is 1.97. The second kappa shape index (κ2) is 7.11. The van der Waals surface area contributed by atoms with Crippen LogP contribution in [-0.2, 0) is 0 Å². The normalized spacial score (nSPS) is 14.6. The van der Waals surface area contributed by atoms with Gasteiger partial charge in [-0.3, -0.25) is 0 Å². The van der Waals surface area contributed by atoms with Gasteiger partial charge in [0.25, 0.3) is 0 Å². The lowest BCUT2D eigenvalue weighted by atomic mass is 10.0. The van der Waals surface area contributed by atoms with Gasteiger partial charge in [0.05, 0.1) is 4.58 Å². The number of thiol groups is 2. The quantitative estimate of drug-likeness (QED) is 0.370. The first kappa shape index (κ1) is 11.4. The van der Waals surface area contributed by atoms with Crippen LogP contribution in [0.4, 0.5) is 0 Å². The highest BCUT2D eigenvalue weighted by Gasteiger charge is 1.95. The maximum atomic E-state index is 4.14. The van der Waals surface area contributed by atoms with Crippen molar-refractivity contribution in [3.05, 3.63) is 12.2 Å². The number of hydrogen-bond donors (Lipinski definition) is 2. The van der Waals surface area contributed by atoms with Gasteiger partial charge < -0.3 is 0 Å². The summed E-state index contributed by atoms with van der Waals surface area (Å²) >= 11 is 8.28. The van der Waals surface area contributed by atoms with Crippen molar-refractivity contribution in [2.75, 3.05) is 0 Å². The third-order valence-electron chi connectivity index (χ3n) is 1.62. The molecule has 0 radical (unpaired) electrons. The Kier molecular flexibility index (Phi) is 7.39. The van der Waals surface area contributed by atoms with Crippen molar-refractivity contribution in [1.82, 2.24) is 0 Å². The van der Waals surface area contributed by atoms with E-state index >= 15 is 0 Å². The molecule has 0 N–H and O–H groups in total. The SMILES string of the molecule is CCCCC(C)/C=C/C(S)S. The largest absolute Gasteiger partial charge is 0.161 e. The van der Waals surface area contributed by atoms with E-state index in [1.807, 2.05) is 6.08 Å². The average molecular weight is 190 g/mol. The summed E-state index contributed by atoms with van der Waals surface area (Å²) in [6.45, 7) is 4.45. The molecule has 2 heteroatoms. The Labute approximate surface area is 81.3 Å². The predicted octanol–water partition coefficient (Wildman–Crippen LogP) is 3.55. The fourth-order valence-electron chi connectivity index (χ4n) is 0.911. The molecule has 0 aromatic heterocycles. The molecule has 0 fully saturated rings. The van der Waals surface area contributed by atoms with E-state index in [0.717, 1.165) is 0 Å². The van der Waals surface area contributed by atoms with Crippen LogP contribution in [-0.4, -0.2) is 4.58 Å². The fourth-order valence-corrected chi connectivity index (χ4v) is 1.11. The number of rotatable bonds is 5. The molecule has 0 bridgehead atoms. The molecule has 11 heavy (non-hydrogen) atoms. The first-order valence-corrected chi connectivity index (χ1v) is 5.24. The molecule has 0 spiro atoms. The van der Waals surface area contributed by atoms with Crippen LogP contribution in [0.2, 0.25) is 0 Å². The number of hydrogen-bond acceptors (Lipinski definition) is 2. The van der Waals surface area contributed by atoms with Gasteiger partial charge in [0.1, 0.15) is 0 Å². The topological polar surface area (TPSA) is 0 Å². The highest BCUT2D eigenvalue weighted by atomic mass is 32.2.